The maximum Gasteiger partial charge on any atom is 0.387 e. The zero-order chi connectivity index (χ0) is 13.0. The van der Waals surface area contributed by atoms with Crippen LogP contribution in [0.2, 0.25) is 0 Å². The van der Waals surface area contributed by atoms with Crippen LogP contribution in [0, 0.1) is 6.92 Å². The fourth-order valence-corrected chi connectivity index (χ4v) is 1.37. The molecule has 0 radical (unpaired) electrons. The van der Waals surface area contributed by atoms with Gasteiger partial charge in [-0.15, -0.1) is 0 Å². The van der Waals surface area contributed by atoms with Gasteiger partial charge in [0.05, 0.1) is 12.3 Å². The van der Waals surface area contributed by atoms with Crippen LogP contribution >= 0.6 is 0 Å². The van der Waals surface area contributed by atoms with Crippen molar-refractivity contribution >= 4 is 11.7 Å². The van der Waals surface area contributed by atoms with E-state index in [9.17, 15) is 13.6 Å². The van der Waals surface area contributed by atoms with Crippen LogP contribution in [0.1, 0.15) is 22.8 Å². The smallest absolute Gasteiger partial charge is 0.387 e. The van der Waals surface area contributed by atoms with Gasteiger partial charge in [0.2, 0.25) is 0 Å². The highest BCUT2D eigenvalue weighted by Gasteiger charge is 2.21. The number of halogens is 2. The van der Waals surface area contributed by atoms with E-state index in [1.54, 1.807) is 19.9 Å². The fourth-order valence-electron chi connectivity index (χ4n) is 1.37. The van der Waals surface area contributed by atoms with E-state index in [2.05, 4.69) is 4.74 Å². The fraction of sp³-hybridized carbons (Fsp3) is 0.364. The first-order chi connectivity index (χ1) is 7.97. The van der Waals surface area contributed by atoms with E-state index in [1.807, 2.05) is 0 Å². The van der Waals surface area contributed by atoms with Gasteiger partial charge in [0, 0.05) is 0 Å². The number of rotatable bonds is 4. The molecule has 0 atom stereocenters. The normalized spacial score (nSPS) is 10.4. The topological polar surface area (TPSA) is 61.5 Å². The standard InChI is InChI=1S/C11H13F2NO3/c1-3-16-10(15)8-6(2)4-5-7(14)9(8)17-11(12)13/h4-5,11H,3,14H2,1-2H3. The van der Waals surface area contributed by atoms with Crippen molar-refractivity contribution in [2.24, 2.45) is 0 Å². The molecule has 6 heteroatoms. The third-order valence-electron chi connectivity index (χ3n) is 2.08. The summed E-state index contributed by atoms with van der Waals surface area (Å²) in [7, 11) is 0. The Bertz CT molecular complexity index is 421. The highest BCUT2D eigenvalue weighted by Crippen LogP contribution is 2.31. The highest BCUT2D eigenvalue weighted by atomic mass is 19.3. The molecule has 1 aromatic rings. The van der Waals surface area contributed by atoms with Crippen molar-refractivity contribution < 1.29 is 23.0 Å². The molecule has 0 amide bonds. The zero-order valence-corrected chi connectivity index (χ0v) is 9.50. The SMILES string of the molecule is CCOC(=O)c1c(C)ccc(N)c1OC(F)F. The average Bonchev–Trinajstić information content (AvgIpc) is 2.23. The number of nitrogens with two attached hydrogens (primary N) is 1. The van der Waals surface area contributed by atoms with Crippen molar-refractivity contribution in [3.05, 3.63) is 23.3 Å². The average molecular weight is 245 g/mol. The molecule has 0 unspecified atom stereocenters. The third kappa shape index (κ3) is 3.05. The van der Waals surface area contributed by atoms with E-state index in [0.717, 1.165) is 0 Å². The van der Waals surface area contributed by atoms with Crippen molar-refractivity contribution in [3.63, 3.8) is 0 Å². The monoisotopic (exact) mass is 245 g/mol. The molecule has 0 bridgehead atoms. The predicted molar refractivity (Wildman–Crippen MR) is 58.2 cm³/mol. The molecule has 0 aliphatic carbocycles. The molecule has 0 aliphatic rings. The lowest BCUT2D eigenvalue weighted by Crippen LogP contribution is -2.13. The van der Waals surface area contributed by atoms with Crippen LogP contribution in [0.4, 0.5) is 14.5 Å². The minimum Gasteiger partial charge on any atom is -0.462 e. The van der Waals surface area contributed by atoms with E-state index in [4.69, 9.17) is 10.5 Å². The first kappa shape index (κ1) is 13.2. The number of nitrogen functional groups attached to an aromatic ring is 1. The molecule has 1 aromatic carbocycles. The summed E-state index contributed by atoms with van der Waals surface area (Å²) in [6, 6.07) is 2.94. The molecule has 0 fully saturated rings. The maximum absolute atomic E-state index is 12.2. The Morgan fingerprint density at radius 3 is 2.65 bits per heavy atom. The van der Waals surface area contributed by atoms with E-state index >= 15 is 0 Å². The van der Waals surface area contributed by atoms with Crippen molar-refractivity contribution in [2.75, 3.05) is 12.3 Å². The molecule has 0 spiro atoms. The van der Waals surface area contributed by atoms with Gasteiger partial charge in [-0.05, 0) is 25.5 Å². The van der Waals surface area contributed by atoms with Gasteiger partial charge in [-0.1, -0.05) is 6.07 Å². The molecule has 2 N–H and O–H groups in total. The van der Waals surface area contributed by atoms with E-state index < -0.39 is 12.6 Å². The van der Waals surface area contributed by atoms with Gasteiger partial charge < -0.3 is 15.2 Å². The maximum atomic E-state index is 12.2. The van der Waals surface area contributed by atoms with Crippen molar-refractivity contribution in [1.29, 1.82) is 0 Å². The number of anilines is 1. The van der Waals surface area contributed by atoms with Gasteiger partial charge in [-0.2, -0.15) is 8.78 Å². The van der Waals surface area contributed by atoms with Crippen molar-refractivity contribution in [2.45, 2.75) is 20.5 Å². The minimum atomic E-state index is -3.05. The zero-order valence-electron chi connectivity index (χ0n) is 9.50. The molecule has 0 saturated heterocycles. The van der Waals surface area contributed by atoms with Gasteiger partial charge in [0.15, 0.2) is 5.75 Å². The quantitative estimate of drug-likeness (QED) is 0.653. The molecule has 94 valence electrons. The number of carbonyl (C=O) groups is 1. The molecule has 0 heterocycles. The third-order valence-corrected chi connectivity index (χ3v) is 2.08. The number of hydrogen-bond acceptors (Lipinski definition) is 4. The Morgan fingerprint density at radius 2 is 2.12 bits per heavy atom. The van der Waals surface area contributed by atoms with Gasteiger partial charge >= 0.3 is 12.6 Å². The summed E-state index contributed by atoms with van der Waals surface area (Å²) in [5.41, 5.74) is 5.88. The molecule has 0 aliphatic heterocycles. The van der Waals surface area contributed by atoms with Gasteiger partial charge in [-0.25, -0.2) is 4.79 Å². The second kappa shape index (κ2) is 5.47. The first-order valence-corrected chi connectivity index (χ1v) is 4.98. The number of alkyl halides is 2. The molecular weight excluding hydrogens is 232 g/mol. The lowest BCUT2D eigenvalue weighted by atomic mass is 10.1. The number of esters is 1. The van der Waals surface area contributed by atoms with Crippen molar-refractivity contribution in [1.82, 2.24) is 0 Å². The number of carbonyl (C=O) groups excluding carboxylic acids is 1. The lowest BCUT2D eigenvalue weighted by Gasteiger charge is -2.14. The molecule has 4 nitrogen and oxygen atoms in total. The summed E-state index contributed by atoms with van der Waals surface area (Å²) in [5, 5.41) is 0. The summed E-state index contributed by atoms with van der Waals surface area (Å²) in [4.78, 5) is 11.6. The second-order valence-electron chi connectivity index (χ2n) is 3.27. The molecule has 0 saturated carbocycles. The Labute approximate surface area is 97.3 Å². The Morgan fingerprint density at radius 1 is 1.47 bits per heavy atom. The van der Waals surface area contributed by atoms with Crippen LogP contribution in [-0.4, -0.2) is 19.2 Å². The van der Waals surface area contributed by atoms with Crippen molar-refractivity contribution in [3.8, 4) is 5.75 Å². The second-order valence-corrected chi connectivity index (χ2v) is 3.27. The van der Waals surface area contributed by atoms with E-state index in [0.29, 0.717) is 5.56 Å². The van der Waals surface area contributed by atoms with Crippen LogP contribution in [0.3, 0.4) is 0 Å². The number of aryl methyl sites for hydroxylation is 1. The summed E-state index contributed by atoms with van der Waals surface area (Å²) < 4.78 is 33.5. The largest absolute Gasteiger partial charge is 0.462 e. The van der Waals surface area contributed by atoms with E-state index in [-0.39, 0.29) is 23.6 Å². The van der Waals surface area contributed by atoms with Gasteiger partial charge in [-0.3, -0.25) is 0 Å². The van der Waals surface area contributed by atoms with Gasteiger partial charge in [0.1, 0.15) is 5.56 Å². The van der Waals surface area contributed by atoms with Gasteiger partial charge in [0.25, 0.3) is 0 Å². The lowest BCUT2D eigenvalue weighted by molar-refractivity contribution is -0.0499. The molecule has 0 aromatic heterocycles. The first-order valence-electron chi connectivity index (χ1n) is 4.98. The predicted octanol–water partition coefficient (Wildman–Crippen LogP) is 2.36. The minimum absolute atomic E-state index is 0.0287. The Kier molecular flexibility index (Phi) is 4.25. The Hall–Kier alpha value is -1.85. The molecule has 1 rings (SSSR count). The Balaban J connectivity index is 3.24. The highest BCUT2D eigenvalue weighted by molar-refractivity contribution is 5.96. The van der Waals surface area contributed by atoms with Crippen LogP contribution in [0.15, 0.2) is 12.1 Å². The van der Waals surface area contributed by atoms with Crippen LogP contribution in [-0.2, 0) is 4.74 Å². The van der Waals surface area contributed by atoms with Crippen LogP contribution in [0.25, 0.3) is 0 Å². The number of benzene rings is 1. The van der Waals surface area contributed by atoms with Crippen LogP contribution < -0.4 is 10.5 Å². The summed E-state index contributed by atoms with van der Waals surface area (Å²) in [6.45, 7) is 0.297. The van der Waals surface area contributed by atoms with Crippen LogP contribution in [0.5, 0.6) is 5.75 Å². The molecule has 17 heavy (non-hydrogen) atoms. The summed E-state index contributed by atoms with van der Waals surface area (Å²) >= 11 is 0. The van der Waals surface area contributed by atoms with E-state index in [1.165, 1.54) is 6.07 Å². The number of ether oxygens (including phenoxy) is 2. The molecular formula is C11H13F2NO3. The number of hydrogen-bond donors (Lipinski definition) is 1. The summed E-state index contributed by atoms with van der Waals surface area (Å²) in [6.07, 6.45) is 0. The summed E-state index contributed by atoms with van der Waals surface area (Å²) in [5.74, 6) is -1.06.